The number of aromatic nitrogens is 2. The SMILES string of the molecule is CC/C(C)=C/C(=O)N1CCN(C(=O)c2ccc(Nc3nccc(C4(C)C=CC(Cl)=CC4)n3)cc2)CC1. The fraction of sp³-hybridized carbons (Fsp3) is 0.357. The summed E-state index contributed by atoms with van der Waals surface area (Å²) in [5.74, 6) is 0.489. The first kappa shape index (κ1) is 25.6. The number of piperazine rings is 1. The highest BCUT2D eigenvalue weighted by Gasteiger charge is 2.27. The molecule has 2 heterocycles. The number of allylic oxidation sites excluding steroid dienone is 5. The van der Waals surface area contributed by atoms with E-state index < -0.39 is 0 Å². The van der Waals surface area contributed by atoms with Gasteiger partial charge in [-0.3, -0.25) is 9.59 Å². The van der Waals surface area contributed by atoms with E-state index in [0.717, 1.165) is 34.8 Å². The molecule has 8 heteroatoms. The van der Waals surface area contributed by atoms with Crippen LogP contribution >= 0.6 is 11.6 Å². The zero-order chi connectivity index (χ0) is 25.7. The molecule has 0 spiro atoms. The summed E-state index contributed by atoms with van der Waals surface area (Å²) in [5.41, 5.74) is 3.13. The van der Waals surface area contributed by atoms with E-state index in [1.165, 1.54) is 0 Å². The second kappa shape index (κ2) is 11.1. The molecule has 1 saturated heterocycles. The molecule has 0 saturated carbocycles. The Morgan fingerprint density at radius 3 is 2.44 bits per heavy atom. The Morgan fingerprint density at radius 2 is 1.81 bits per heavy atom. The van der Waals surface area contributed by atoms with Gasteiger partial charge >= 0.3 is 0 Å². The Labute approximate surface area is 217 Å². The highest BCUT2D eigenvalue weighted by molar-refractivity contribution is 6.31. The molecule has 188 valence electrons. The largest absolute Gasteiger partial charge is 0.336 e. The van der Waals surface area contributed by atoms with Gasteiger partial charge in [-0.1, -0.05) is 43.2 Å². The second-order valence-electron chi connectivity index (χ2n) is 9.47. The van der Waals surface area contributed by atoms with Gasteiger partial charge in [-0.25, -0.2) is 9.97 Å². The van der Waals surface area contributed by atoms with Crippen molar-refractivity contribution >= 4 is 35.1 Å². The molecule has 7 nitrogen and oxygen atoms in total. The fourth-order valence-corrected chi connectivity index (χ4v) is 4.32. The van der Waals surface area contributed by atoms with Crippen molar-refractivity contribution in [2.24, 2.45) is 0 Å². The molecule has 2 amide bonds. The molecule has 1 unspecified atom stereocenters. The van der Waals surface area contributed by atoms with Crippen molar-refractivity contribution in [1.29, 1.82) is 0 Å². The molecule has 1 atom stereocenters. The van der Waals surface area contributed by atoms with Crippen LogP contribution in [0.1, 0.15) is 49.7 Å². The number of carbonyl (C=O) groups excluding carboxylic acids is 2. The van der Waals surface area contributed by atoms with E-state index in [9.17, 15) is 9.59 Å². The molecule has 0 bridgehead atoms. The van der Waals surface area contributed by atoms with E-state index in [-0.39, 0.29) is 17.2 Å². The van der Waals surface area contributed by atoms with Crippen LogP contribution in [0.4, 0.5) is 11.6 Å². The van der Waals surface area contributed by atoms with Crippen molar-refractivity contribution in [1.82, 2.24) is 19.8 Å². The Bertz CT molecular complexity index is 1210. The minimum atomic E-state index is -0.242. The number of hydrogen-bond acceptors (Lipinski definition) is 5. The third-order valence-corrected chi connectivity index (χ3v) is 7.05. The number of anilines is 2. The van der Waals surface area contributed by atoms with Crippen LogP contribution in [0.5, 0.6) is 0 Å². The minimum absolute atomic E-state index is 0.0249. The third-order valence-electron chi connectivity index (χ3n) is 6.77. The van der Waals surface area contributed by atoms with E-state index in [1.807, 2.05) is 44.2 Å². The lowest BCUT2D eigenvalue weighted by Gasteiger charge is -2.34. The summed E-state index contributed by atoms with van der Waals surface area (Å²) in [6.45, 7) is 8.25. The molecule has 2 aromatic rings. The maximum absolute atomic E-state index is 13.0. The highest BCUT2D eigenvalue weighted by Crippen LogP contribution is 2.33. The molecule has 2 aliphatic rings. The number of nitrogens with zero attached hydrogens (tertiary/aromatic N) is 4. The van der Waals surface area contributed by atoms with Crippen molar-refractivity contribution in [3.63, 3.8) is 0 Å². The van der Waals surface area contributed by atoms with Crippen molar-refractivity contribution < 1.29 is 9.59 Å². The number of benzene rings is 1. The summed E-state index contributed by atoms with van der Waals surface area (Å²) < 4.78 is 0. The standard InChI is InChI=1S/C28H32ClN5O2/c1-4-20(2)19-25(35)33-15-17-34(18-16-33)26(36)21-5-7-23(8-6-21)31-27-30-14-11-24(32-27)28(3)12-9-22(29)10-13-28/h5-12,14,19H,4,13,15-18H2,1-3H3,(H,30,31,32)/b20-19+. The quantitative estimate of drug-likeness (QED) is 0.546. The number of hydrogen-bond donors (Lipinski definition) is 1. The average Bonchev–Trinajstić information content (AvgIpc) is 2.90. The molecule has 1 aliphatic carbocycles. The number of carbonyl (C=O) groups is 2. The van der Waals surface area contributed by atoms with Gasteiger partial charge < -0.3 is 15.1 Å². The summed E-state index contributed by atoms with van der Waals surface area (Å²) >= 11 is 6.08. The number of halogens is 1. The Morgan fingerprint density at radius 1 is 1.11 bits per heavy atom. The molecule has 1 aliphatic heterocycles. The topological polar surface area (TPSA) is 78.4 Å². The molecular weight excluding hydrogens is 474 g/mol. The average molecular weight is 506 g/mol. The summed E-state index contributed by atoms with van der Waals surface area (Å²) in [6, 6.07) is 9.23. The summed E-state index contributed by atoms with van der Waals surface area (Å²) in [7, 11) is 0. The smallest absolute Gasteiger partial charge is 0.253 e. The van der Waals surface area contributed by atoms with E-state index in [2.05, 4.69) is 23.3 Å². The van der Waals surface area contributed by atoms with E-state index in [0.29, 0.717) is 37.7 Å². The fourth-order valence-electron chi connectivity index (χ4n) is 4.18. The Hall–Kier alpha value is -3.45. The zero-order valence-corrected chi connectivity index (χ0v) is 21.8. The lowest BCUT2D eigenvalue weighted by Crippen LogP contribution is -2.50. The van der Waals surface area contributed by atoms with Gasteiger partial charge in [0.2, 0.25) is 11.9 Å². The number of rotatable bonds is 6. The van der Waals surface area contributed by atoms with Crippen LogP contribution in [0.25, 0.3) is 0 Å². The van der Waals surface area contributed by atoms with Crippen molar-refractivity contribution in [3.05, 3.63) is 82.7 Å². The lowest BCUT2D eigenvalue weighted by molar-refractivity contribution is -0.127. The van der Waals surface area contributed by atoms with Crippen molar-refractivity contribution in [3.8, 4) is 0 Å². The Balaban J connectivity index is 1.36. The number of nitrogens with one attached hydrogen (secondary N) is 1. The molecule has 0 radical (unpaired) electrons. The summed E-state index contributed by atoms with van der Waals surface area (Å²) in [4.78, 5) is 38.0. The van der Waals surface area contributed by atoms with Crippen LogP contribution in [0, 0.1) is 0 Å². The molecule has 4 rings (SSSR count). The number of amides is 2. The monoisotopic (exact) mass is 505 g/mol. The maximum atomic E-state index is 13.0. The lowest BCUT2D eigenvalue weighted by atomic mass is 9.80. The van der Waals surface area contributed by atoms with Gasteiger partial charge in [-0.2, -0.15) is 0 Å². The van der Waals surface area contributed by atoms with Gasteiger partial charge in [0.25, 0.3) is 5.91 Å². The molecule has 1 aromatic carbocycles. The minimum Gasteiger partial charge on any atom is -0.336 e. The molecular formula is C28H32ClN5O2. The summed E-state index contributed by atoms with van der Waals surface area (Å²) in [6.07, 6.45) is 11.0. The molecule has 1 fully saturated rings. The van der Waals surface area contributed by atoms with Crippen molar-refractivity contribution in [2.45, 2.75) is 39.0 Å². The van der Waals surface area contributed by atoms with Gasteiger partial charge in [-0.05, 0) is 56.2 Å². The highest BCUT2D eigenvalue weighted by atomic mass is 35.5. The predicted molar refractivity (Wildman–Crippen MR) is 143 cm³/mol. The van der Waals surface area contributed by atoms with Gasteiger partial charge in [0.1, 0.15) is 0 Å². The maximum Gasteiger partial charge on any atom is 0.253 e. The third kappa shape index (κ3) is 6.02. The second-order valence-corrected chi connectivity index (χ2v) is 9.91. The summed E-state index contributed by atoms with van der Waals surface area (Å²) in [5, 5.41) is 3.97. The van der Waals surface area contributed by atoms with Gasteiger partial charge in [0, 0.05) is 60.2 Å². The molecule has 36 heavy (non-hydrogen) atoms. The first-order chi connectivity index (χ1) is 17.3. The Kier molecular flexibility index (Phi) is 7.89. The molecule has 1 aromatic heterocycles. The first-order valence-corrected chi connectivity index (χ1v) is 12.7. The van der Waals surface area contributed by atoms with Crippen LogP contribution in [0.3, 0.4) is 0 Å². The van der Waals surface area contributed by atoms with Crippen LogP contribution in [-0.2, 0) is 10.2 Å². The zero-order valence-electron chi connectivity index (χ0n) is 21.0. The van der Waals surface area contributed by atoms with Gasteiger partial charge in [0.05, 0.1) is 5.69 Å². The van der Waals surface area contributed by atoms with Gasteiger partial charge in [0.15, 0.2) is 0 Å². The van der Waals surface area contributed by atoms with Crippen molar-refractivity contribution in [2.75, 3.05) is 31.5 Å². The van der Waals surface area contributed by atoms with Gasteiger partial charge in [-0.15, -0.1) is 0 Å². The van der Waals surface area contributed by atoms with Crippen LogP contribution in [0.2, 0.25) is 0 Å². The molecule has 1 N–H and O–H groups in total. The van der Waals surface area contributed by atoms with Crippen LogP contribution < -0.4 is 5.32 Å². The normalized spacial score (nSPS) is 20.2. The van der Waals surface area contributed by atoms with Crippen LogP contribution in [0.15, 0.2) is 71.4 Å². The van der Waals surface area contributed by atoms with E-state index in [1.54, 1.807) is 34.2 Å². The van der Waals surface area contributed by atoms with E-state index >= 15 is 0 Å². The first-order valence-electron chi connectivity index (χ1n) is 12.3. The van der Waals surface area contributed by atoms with Crippen LogP contribution in [-0.4, -0.2) is 57.8 Å². The predicted octanol–water partition coefficient (Wildman–Crippen LogP) is 5.20. The van der Waals surface area contributed by atoms with E-state index in [4.69, 9.17) is 16.6 Å².